The molecule has 0 aliphatic heterocycles. The third-order valence-corrected chi connectivity index (χ3v) is 7.62. The van der Waals surface area contributed by atoms with Gasteiger partial charge < -0.3 is 9.72 Å². The third-order valence-electron chi connectivity index (χ3n) is 5.61. The summed E-state index contributed by atoms with van der Waals surface area (Å²) in [6.45, 7) is 7.98. The Morgan fingerprint density at radius 1 is 1.00 bits per heavy atom. The monoisotopic (exact) mass is 454 g/mol. The first kappa shape index (κ1) is 23.8. The van der Waals surface area contributed by atoms with Crippen molar-refractivity contribution in [1.82, 2.24) is 9.29 Å². The van der Waals surface area contributed by atoms with Crippen molar-refractivity contribution in [2.45, 2.75) is 45.6 Å². The van der Waals surface area contributed by atoms with E-state index in [0.29, 0.717) is 34.7 Å². The largest absolute Gasteiger partial charge is 0.461 e. The molecule has 0 unspecified atom stereocenters. The summed E-state index contributed by atoms with van der Waals surface area (Å²) in [6, 6.07) is 16.8. The minimum absolute atomic E-state index is 0.164. The molecule has 6 nitrogen and oxygen atoms in total. The van der Waals surface area contributed by atoms with Gasteiger partial charge >= 0.3 is 5.97 Å². The fraction of sp³-hybridized carbons (Fsp3) is 0.320. The molecule has 7 heteroatoms. The van der Waals surface area contributed by atoms with Gasteiger partial charge in [0, 0.05) is 18.8 Å². The Labute approximate surface area is 190 Å². The Balaban J connectivity index is 1.98. The summed E-state index contributed by atoms with van der Waals surface area (Å²) in [5.41, 5.74) is 4.40. The molecular formula is C25H30N2O4S. The lowest BCUT2D eigenvalue weighted by Crippen LogP contribution is -2.33. The number of hydrogen-bond donors (Lipinski definition) is 1. The molecule has 170 valence electrons. The van der Waals surface area contributed by atoms with Gasteiger partial charge in [-0.2, -0.15) is 4.31 Å². The number of carbonyl (C=O) groups excluding carboxylic acids is 1. The highest BCUT2D eigenvalue weighted by Crippen LogP contribution is 2.26. The zero-order valence-corrected chi connectivity index (χ0v) is 19.8. The van der Waals surface area contributed by atoms with Crippen molar-refractivity contribution >= 4 is 16.0 Å². The van der Waals surface area contributed by atoms with Crippen molar-refractivity contribution in [2.24, 2.45) is 0 Å². The van der Waals surface area contributed by atoms with Gasteiger partial charge in [0.2, 0.25) is 10.0 Å². The van der Waals surface area contributed by atoms with Crippen LogP contribution in [0.4, 0.5) is 0 Å². The maximum absolute atomic E-state index is 13.7. The Morgan fingerprint density at radius 2 is 1.66 bits per heavy atom. The Bertz CT molecular complexity index is 1180. The van der Waals surface area contributed by atoms with Crippen LogP contribution in [0.3, 0.4) is 0 Å². The van der Waals surface area contributed by atoms with E-state index in [2.05, 4.69) is 4.98 Å². The standard InChI is InChI=1S/C25H30N2O4S/c1-5-31-25(28)24-19(3)22(20(4)26-24)17-27(16-15-21-12-7-6-8-13-21)32(29,30)23-14-10-9-11-18(23)2/h6-14,26H,5,15-17H2,1-4H3. The van der Waals surface area contributed by atoms with Gasteiger partial charge in [0.15, 0.2) is 0 Å². The molecule has 3 rings (SSSR count). The first-order valence-corrected chi connectivity index (χ1v) is 12.1. The zero-order chi connectivity index (χ0) is 23.3. The van der Waals surface area contributed by atoms with Gasteiger partial charge in [-0.1, -0.05) is 48.5 Å². The second kappa shape index (κ2) is 10.1. The average molecular weight is 455 g/mol. The van der Waals surface area contributed by atoms with Crippen molar-refractivity contribution in [3.8, 4) is 0 Å². The van der Waals surface area contributed by atoms with E-state index in [-0.39, 0.29) is 13.2 Å². The lowest BCUT2D eigenvalue weighted by Gasteiger charge is -2.24. The number of aromatic amines is 1. The quantitative estimate of drug-likeness (QED) is 0.481. The molecule has 1 aromatic heterocycles. The van der Waals surface area contributed by atoms with Crippen LogP contribution in [0.5, 0.6) is 0 Å². The van der Waals surface area contributed by atoms with Crippen molar-refractivity contribution in [1.29, 1.82) is 0 Å². The van der Waals surface area contributed by atoms with Crippen LogP contribution in [0.15, 0.2) is 59.5 Å². The van der Waals surface area contributed by atoms with Gasteiger partial charge in [0.05, 0.1) is 11.5 Å². The molecule has 0 aliphatic rings. The van der Waals surface area contributed by atoms with Crippen LogP contribution in [-0.2, 0) is 27.7 Å². The molecule has 0 aliphatic carbocycles. The first-order chi connectivity index (χ1) is 15.3. The van der Waals surface area contributed by atoms with E-state index in [9.17, 15) is 13.2 Å². The molecule has 0 amide bonds. The van der Waals surface area contributed by atoms with Crippen molar-refractivity contribution in [3.05, 3.63) is 88.2 Å². The fourth-order valence-corrected chi connectivity index (χ4v) is 5.41. The fourth-order valence-electron chi connectivity index (χ4n) is 3.78. The van der Waals surface area contributed by atoms with Crippen LogP contribution in [-0.4, -0.2) is 36.8 Å². The molecule has 1 N–H and O–H groups in total. The third kappa shape index (κ3) is 5.11. The van der Waals surface area contributed by atoms with Crippen LogP contribution < -0.4 is 0 Å². The van der Waals surface area contributed by atoms with Crippen LogP contribution >= 0.6 is 0 Å². The summed E-state index contributed by atoms with van der Waals surface area (Å²) in [4.78, 5) is 15.7. The van der Waals surface area contributed by atoms with Gasteiger partial charge in [-0.25, -0.2) is 13.2 Å². The molecule has 0 saturated heterocycles. The number of aromatic nitrogens is 1. The summed E-state index contributed by atoms with van der Waals surface area (Å²) < 4.78 is 34.0. The van der Waals surface area contributed by atoms with E-state index in [0.717, 1.165) is 16.8 Å². The van der Waals surface area contributed by atoms with Gasteiger partial charge in [-0.3, -0.25) is 0 Å². The predicted molar refractivity (Wildman–Crippen MR) is 125 cm³/mol. The average Bonchev–Trinajstić information content (AvgIpc) is 3.05. The minimum atomic E-state index is -3.75. The smallest absolute Gasteiger partial charge is 0.355 e. The van der Waals surface area contributed by atoms with E-state index in [4.69, 9.17) is 4.74 Å². The Kier molecular flexibility index (Phi) is 7.53. The van der Waals surface area contributed by atoms with Crippen LogP contribution in [0.2, 0.25) is 0 Å². The maximum Gasteiger partial charge on any atom is 0.355 e. The SMILES string of the molecule is CCOC(=O)c1[nH]c(C)c(CN(CCc2ccccc2)S(=O)(=O)c2ccccc2C)c1C. The van der Waals surface area contributed by atoms with Crippen LogP contribution in [0, 0.1) is 20.8 Å². The summed E-state index contributed by atoms with van der Waals surface area (Å²) >= 11 is 0. The number of ether oxygens (including phenoxy) is 1. The summed E-state index contributed by atoms with van der Waals surface area (Å²) in [7, 11) is -3.75. The Morgan fingerprint density at radius 3 is 2.31 bits per heavy atom. The van der Waals surface area contributed by atoms with Crippen molar-refractivity contribution < 1.29 is 17.9 Å². The topological polar surface area (TPSA) is 79.5 Å². The molecule has 2 aromatic carbocycles. The normalized spacial score (nSPS) is 11.7. The molecule has 0 bridgehead atoms. The maximum atomic E-state index is 13.7. The number of carbonyl (C=O) groups is 1. The van der Waals surface area contributed by atoms with Gasteiger partial charge in [0.1, 0.15) is 5.69 Å². The number of aryl methyl sites for hydroxylation is 2. The number of hydrogen-bond acceptors (Lipinski definition) is 4. The summed E-state index contributed by atoms with van der Waals surface area (Å²) in [6.07, 6.45) is 0.583. The van der Waals surface area contributed by atoms with Gasteiger partial charge in [-0.15, -0.1) is 0 Å². The molecule has 0 fully saturated rings. The first-order valence-electron chi connectivity index (χ1n) is 10.7. The second-order valence-corrected chi connectivity index (χ2v) is 9.70. The van der Waals surface area contributed by atoms with Crippen molar-refractivity contribution in [3.63, 3.8) is 0 Å². The second-order valence-electron chi connectivity index (χ2n) is 7.79. The number of sulfonamides is 1. The van der Waals surface area contributed by atoms with E-state index >= 15 is 0 Å². The molecule has 0 atom stereocenters. The summed E-state index contributed by atoms with van der Waals surface area (Å²) in [5, 5.41) is 0. The zero-order valence-electron chi connectivity index (χ0n) is 19.0. The number of nitrogens with one attached hydrogen (secondary N) is 1. The number of nitrogens with zero attached hydrogens (tertiary/aromatic N) is 1. The molecule has 0 radical (unpaired) electrons. The molecule has 0 saturated carbocycles. The van der Waals surface area contributed by atoms with E-state index in [1.165, 1.54) is 4.31 Å². The molecule has 0 spiro atoms. The van der Waals surface area contributed by atoms with E-state index < -0.39 is 16.0 Å². The number of esters is 1. The van der Waals surface area contributed by atoms with Crippen LogP contribution in [0.25, 0.3) is 0 Å². The number of rotatable bonds is 9. The van der Waals surface area contributed by atoms with Crippen molar-refractivity contribution in [2.75, 3.05) is 13.2 Å². The number of benzene rings is 2. The van der Waals surface area contributed by atoms with Gasteiger partial charge in [-0.05, 0) is 62.4 Å². The summed E-state index contributed by atoms with van der Waals surface area (Å²) in [5.74, 6) is -0.433. The molecule has 1 heterocycles. The molecule has 32 heavy (non-hydrogen) atoms. The lowest BCUT2D eigenvalue weighted by molar-refractivity contribution is 0.0519. The van der Waals surface area contributed by atoms with E-state index in [1.807, 2.05) is 50.2 Å². The Hall–Kier alpha value is -2.90. The predicted octanol–water partition coefficient (Wildman–Crippen LogP) is 4.55. The van der Waals surface area contributed by atoms with Crippen LogP contribution in [0.1, 0.15) is 45.4 Å². The van der Waals surface area contributed by atoms with Gasteiger partial charge in [0.25, 0.3) is 0 Å². The molecule has 3 aromatic rings. The highest BCUT2D eigenvalue weighted by Gasteiger charge is 2.28. The van der Waals surface area contributed by atoms with E-state index in [1.54, 1.807) is 32.0 Å². The number of H-pyrrole nitrogens is 1. The molecular weight excluding hydrogens is 424 g/mol. The minimum Gasteiger partial charge on any atom is -0.461 e. The highest BCUT2D eigenvalue weighted by molar-refractivity contribution is 7.89. The lowest BCUT2D eigenvalue weighted by atomic mass is 10.1. The highest BCUT2D eigenvalue weighted by atomic mass is 32.2.